The number of aromatic nitrogens is 2. The van der Waals surface area contributed by atoms with E-state index in [2.05, 4.69) is 4.98 Å². The second kappa shape index (κ2) is 2.92. The van der Waals surface area contributed by atoms with Gasteiger partial charge in [-0.2, -0.15) is 4.73 Å². The van der Waals surface area contributed by atoms with Gasteiger partial charge in [-0.25, -0.2) is 4.98 Å². The molecule has 68 valence electrons. The maximum absolute atomic E-state index is 5.86. The number of benzene rings is 1. The highest BCUT2D eigenvalue weighted by atomic mass is 35.5. The van der Waals surface area contributed by atoms with Crippen molar-refractivity contribution >= 4 is 22.6 Å². The number of hydrogen-bond acceptors (Lipinski definition) is 2. The molecule has 0 amide bonds. The van der Waals surface area contributed by atoms with Crippen LogP contribution >= 0.6 is 11.6 Å². The minimum absolute atomic E-state index is 0.686. The summed E-state index contributed by atoms with van der Waals surface area (Å²) in [5.41, 5.74) is 1.79. The number of aryl methyl sites for hydroxylation is 1. The Morgan fingerprint density at radius 3 is 2.92 bits per heavy atom. The number of imidazole rings is 1. The molecule has 0 atom stereocenters. The fourth-order valence-corrected chi connectivity index (χ4v) is 1.54. The third-order valence-electron chi connectivity index (χ3n) is 1.92. The van der Waals surface area contributed by atoms with Crippen LogP contribution in [0.5, 0.6) is 0 Å². The Labute approximate surface area is 80.9 Å². The molecule has 2 rings (SSSR count). The summed E-state index contributed by atoms with van der Waals surface area (Å²) in [7, 11) is 1.61. The van der Waals surface area contributed by atoms with Crippen LogP contribution in [0, 0.1) is 6.92 Å². The van der Waals surface area contributed by atoms with Gasteiger partial charge >= 0.3 is 0 Å². The number of hydrogen-bond donors (Lipinski definition) is 0. The molecule has 0 bridgehead atoms. The van der Waals surface area contributed by atoms with Gasteiger partial charge in [-0.05, 0) is 25.1 Å². The Balaban J connectivity index is 2.80. The van der Waals surface area contributed by atoms with Gasteiger partial charge in [0.1, 0.15) is 18.5 Å². The molecule has 13 heavy (non-hydrogen) atoms. The smallest absolute Gasteiger partial charge is 0.143 e. The first-order valence-electron chi connectivity index (χ1n) is 3.91. The van der Waals surface area contributed by atoms with Crippen molar-refractivity contribution in [2.75, 3.05) is 7.11 Å². The van der Waals surface area contributed by atoms with Crippen molar-refractivity contribution < 1.29 is 4.84 Å². The molecule has 0 unspecified atom stereocenters. The lowest BCUT2D eigenvalue weighted by atomic mass is 10.3. The molecule has 1 aromatic carbocycles. The zero-order valence-corrected chi connectivity index (χ0v) is 8.17. The van der Waals surface area contributed by atoms with Gasteiger partial charge in [0.15, 0.2) is 0 Å². The maximum atomic E-state index is 5.86. The van der Waals surface area contributed by atoms with E-state index < -0.39 is 0 Å². The summed E-state index contributed by atoms with van der Waals surface area (Å²) >= 11 is 5.86. The van der Waals surface area contributed by atoms with Gasteiger partial charge in [-0.15, -0.1) is 0 Å². The molecule has 0 aliphatic rings. The second-order valence-electron chi connectivity index (χ2n) is 2.77. The highest BCUT2D eigenvalue weighted by Crippen LogP contribution is 2.19. The van der Waals surface area contributed by atoms with Crippen LogP contribution in [0.3, 0.4) is 0 Å². The van der Waals surface area contributed by atoms with Crippen molar-refractivity contribution in [3.8, 4) is 0 Å². The zero-order chi connectivity index (χ0) is 9.42. The number of rotatable bonds is 1. The molecule has 0 radical (unpaired) electrons. The van der Waals surface area contributed by atoms with Crippen molar-refractivity contribution in [3.05, 3.63) is 29.0 Å². The summed E-state index contributed by atoms with van der Waals surface area (Å²) in [6.07, 6.45) is 0. The molecule has 0 fully saturated rings. The Hall–Kier alpha value is -1.22. The third kappa shape index (κ3) is 1.25. The number of halogens is 1. The molecular weight excluding hydrogens is 188 g/mol. The summed E-state index contributed by atoms with van der Waals surface area (Å²) in [4.78, 5) is 9.45. The predicted octanol–water partition coefficient (Wildman–Crippen LogP) is 2.06. The van der Waals surface area contributed by atoms with Gasteiger partial charge in [-0.1, -0.05) is 11.6 Å². The normalized spacial score (nSPS) is 10.7. The highest BCUT2D eigenvalue weighted by Gasteiger charge is 2.06. The fourth-order valence-electron chi connectivity index (χ4n) is 1.38. The molecule has 4 heteroatoms. The lowest BCUT2D eigenvalue weighted by molar-refractivity contribution is 0.171. The molecule has 0 N–H and O–H groups in total. The van der Waals surface area contributed by atoms with Gasteiger partial charge in [0.05, 0.1) is 5.52 Å². The summed E-state index contributed by atoms with van der Waals surface area (Å²) in [5, 5.41) is 0.686. The predicted molar refractivity (Wildman–Crippen MR) is 52.0 cm³/mol. The minimum Gasteiger partial charge on any atom is -0.415 e. The summed E-state index contributed by atoms with van der Waals surface area (Å²) in [5.74, 6) is 0.819. The SMILES string of the molecule is COn1c(C)nc2ccc(Cl)cc21. The monoisotopic (exact) mass is 196 g/mol. The standard InChI is InChI=1S/C9H9ClN2O/c1-6-11-8-4-3-7(10)5-9(8)12(6)13-2/h3-5H,1-2H3. The molecule has 1 aromatic heterocycles. The third-order valence-corrected chi connectivity index (χ3v) is 2.15. The number of fused-ring (bicyclic) bond motifs is 1. The van der Waals surface area contributed by atoms with E-state index in [1.54, 1.807) is 11.8 Å². The molecule has 0 aliphatic heterocycles. The largest absolute Gasteiger partial charge is 0.415 e. The Bertz CT molecular complexity index is 450. The molecule has 0 aliphatic carbocycles. The zero-order valence-electron chi connectivity index (χ0n) is 7.41. The van der Waals surface area contributed by atoms with Crippen molar-refractivity contribution in [1.82, 2.24) is 9.71 Å². The van der Waals surface area contributed by atoms with E-state index in [4.69, 9.17) is 16.4 Å². The Morgan fingerprint density at radius 1 is 1.46 bits per heavy atom. The second-order valence-corrected chi connectivity index (χ2v) is 3.21. The first-order valence-corrected chi connectivity index (χ1v) is 4.29. The highest BCUT2D eigenvalue weighted by molar-refractivity contribution is 6.31. The van der Waals surface area contributed by atoms with Gasteiger partial charge in [-0.3, -0.25) is 0 Å². The van der Waals surface area contributed by atoms with Crippen LogP contribution in [0.4, 0.5) is 0 Å². The van der Waals surface area contributed by atoms with Crippen molar-refractivity contribution in [1.29, 1.82) is 0 Å². The topological polar surface area (TPSA) is 27.1 Å². The fraction of sp³-hybridized carbons (Fsp3) is 0.222. The molecule has 0 spiro atoms. The molecular formula is C9H9ClN2O. The maximum Gasteiger partial charge on any atom is 0.143 e. The number of nitrogens with zero attached hydrogens (tertiary/aromatic N) is 2. The van der Waals surface area contributed by atoms with Crippen molar-refractivity contribution in [2.24, 2.45) is 0 Å². The van der Waals surface area contributed by atoms with E-state index in [1.807, 2.05) is 25.1 Å². The van der Waals surface area contributed by atoms with Crippen LogP contribution in [0.25, 0.3) is 11.0 Å². The summed E-state index contributed by atoms with van der Waals surface area (Å²) < 4.78 is 1.65. The van der Waals surface area contributed by atoms with Gasteiger partial charge in [0, 0.05) is 5.02 Å². The van der Waals surface area contributed by atoms with Crippen LogP contribution in [0.15, 0.2) is 18.2 Å². The van der Waals surface area contributed by atoms with E-state index in [0.717, 1.165) is 16.9 Å². The Kier molecular flexibility index (Phi) is 1.88. The molecule has 0 saturated carbocycles. The van der Waals surface area contributed by atoms with Crippen molar-refractivity contribution in [2.45, 2.75) is 6.92 Å². The van der Waals surface area contributed by atoms with E-state index >= 15 is 0 Å². The molecule has 2 aromatic rings. The van der Waals surface area contributed by atoms with Crippen LogP contribution < -0.4 is 4.84 Å². The van der Waals surface area contributed by atoms with Gasteiger partial charge < -0.3 is 4.84 Å². The van der Waals surface area contributed by atoms with Crippen LogP contribution in [0.1, 0.15) is 5.82 Å². The van der Waals surface area contributed by atoms with Crippen molar-refractivity contribution in [3.63, 3.8) is 0 Å². The minimum atomic E-state index is 0.686. The molecule has 1 heterocycles. The van der Waals surface area contributed by atoms with E-state index in [1.165, 1.54) is 0 Å². The first-order chi connectivity index (χ1) is 6.22. The van der Waals surface area contributed by atoms with Crippen LogP contribution in [0.2, 0.25) is 5.02 Å². The molecule has 0 saturated heterocycles. The van der Waals surface area contributed by atoms with Crippen LogP contribution in [-0.2, 0) is 0 Å². The average molecular weight is 197 g/mol. The average Bonchev–Trinajstić information content (AvgIpc) is 2.40. The lowest BCUT2D eigenvalue weighted by Gasteiger charge is -2.02. The van der Waals surface area contributed by atoms with Gasteiger partial charge in [0.25, 0.3) is 0 Å². The lowest BCUT2D eigenvalue weighted by Crippen LogP contribution is -2.06. The van der Waals surface area contributed by atoms with E-state index in [-0.39, 0.29) is 0 Å². The van der Waals surface area contributed by atoms with E-state index in [9.17, 15) is 0 Å². The quantitative estimate of drug-likeness (QED) is 0.698. The Morgan fingerprint density at radius 2 is 2.23 bits per heavy atom. The summed E-state index contributed by atoms with van der Waals surface area (Å²) in [6.45, 7) is 1.89. The van der Waals surface area contributed by atoms with E-state index in [0.29, 0.717) is 5.02 Å². The molecule has 3 nitrogen and oxygen atoms in total. The van der Waals surface area contributed by atoms with Gasteiger partial charge in [0.2, 0.25) is 0 Å². The first kappa shape index (κ1) is 8.38. The van der Waals surface area contributed by atoms with Crippen LogP contribution in [-0.4, -0.2) is 16.8 Å². The summed E-state index contributed by atoms with van der Waals surface area (Å²) in [6, 6.07) is 5.52.